The van der Waals surface area contributed by atoms with Crippen LogP contribution >= 0.6 is 0 Å². The number of aromatic amines is 1. The van der Waals surface area contributed by atoms with Crippen molar-refractivity contribution in [3.8, 4) is 0 Å². The molecule has 0 saturated carbocycles. The van der Waals surface area contributed by atoms with Crippen molar-refractivity contribution < 1.29 is 9.53 Å². The fourth-order valence-corrected chi connectivity index (χ4v) is 1.74. The van der Waals surface area contributed by atoms with Crippen LogP contribution in [-0.4, -0.2) is 33.0 Å². The number of carbonyl (C=O) groups excluding carboxylic acids is 1. The van der Waals surface area contributed by atoms with E-state index < -0.39 is 0 Å². The van der Waals surface area contributed by atoms with Gasteiger partial charge in [0.2, 0.25) is 0 Å². The van der Waals surface area contributed by atoms with Crippen molar-refractivity contribution in [1.29, 1.82) is 0 Å². The Morgan fingerprint density at radius 1 is 1.55 bits per heavy atom. The second-order valence-electron chi connectivity index (χ2n) is 4.80. The van der Waals surface area contributed by atoms with Gasteiger partial charge in [-0.1, -0.05) is 0 Å². The molecule has 20 heavy (non-hydrogen) atoms. The van der Waals surface area contributed by atoms with Crippen molar-refractivity contribution in [3.05, 3.63) is 35.4 Å². The van der Waals surface area contributed by atoms with Gasteiger partial charge in [0.05, 0.1) is 36.3 Å². The molecule has 7 nitrogen and oxygen atoms in total. The van der Waals surface area contributed by atoms with E-state index in [1.54, 1.807) is 24.2 Å². The molecule has 2 heterocycles. The Morgan fingerprint density at radius 2 is 2.35 bits per heavy atom. The molecule has 2 aromatic rings. The maximum absolute atomic E-state index is 12.0. The summed E-state index contributed by atoms with van der Waals surface area (Å²) in [4.78, 5) is 12.0. The SMILES string of the molecule is COCc1cc(CNC(=O)c2cnn(C(C)C)c2)[nH]n1. The van der Waals surface area contributed by atoms with Gasteiger partial charge in [-0.15, -0.1) is 0 Å². The lowest BCUT2D eigenvalue weighted by molar-refractivity contribution is 0.0950. The predicted octanol–water partition coefficient (Wildman–Crippen LogP) is 1.26. The number of H-pyrrole nitrogens is 1. The molecule has 0 spiro atoms. The van der Waals surface area contributed by atoms with Crippen molar-refractivity contribution in [2.75, 3.05) is 7.11 Å². The van der Waals surface area contributed by atoms with Gasteiger partial charge in [-0.25, -0.2) is 0 Å². The van der Waals surface area contributed by atoms with Gasteiger partial charge in [0.15, 0.2) is 0 Å². The van der Waals surface area contributed by atoms with Gasteiger partial charge < -0.3 is 10.1 Å². The van der Waals surface area contributed by atoms with Crippen LogP contribution in [0.25, 0.3) is 0 Å². The number of hydrogen-bond donors (Lipinski definition) is 2. The van der Waals surface area contributed by atoms with Gasteiger partial charge in [-0.3, -0.25) is 14.6 Å². The van der Waals surface area contributed by atoms with Gasteiger partial charge in [0, 0.05) is 19.3 Å². The number of methoxy groups -OCH3 is 1. The van der Waals surface area contributed by atoms with Crippen LogP contribution in [0.15, 0.2) is 18.5 Å². The molecule has 0 bridgehead atoms. The van der Waals surface area contributed by atoms with Crippen molar-refractivity contribution in [2.24, 2.45) is 0 Å². The molecule has 0 radical (unpaired) electrons. The van der Waals surface area contributed by atoms with Crippen molar-refractivity contribution in [2.45, 2.75) is 33.0 Å². The van der Waals surface area contributed by atoms with Crippen LogP contribution in [0.1, 0.15) is 41.6 Å². The van der Waals surface area contributed by atoms with E-state index in [9.17, 15) is 4.79 Å². The van der Waals surface area contributed by atoms with Crippen molar-refractivity contribution in [3.63, 3.8) is 0 Å². The summed E-state index contributed by atoms with van der Waals surface area (Å²) in [5, 5.41) is 13.9. The van der Waals surface area contributed by atoms with E-state index >= 15 is 0 Å². The van der Waals surface area contributed by atoms with E-state index in [0.717, 1.165) is 11.4 Å². The third-order valence-electron chi connectivity index (χ3n) is 2.81. The lowest BCUT2D eigenvalue weighted by Gasteiger charge is -2.03. The van der Waals surface area contributed by atoms with E-state index in [2.05, 4.69) is 20.6 Å². The maximum Gasteiger partial charge on any atom is 0.254 e. The second kappa shape index (κ2) is 6.33. The molecule has 0 aliphatic heterocycles. The summed E-state index contributed by atoms with van der Waals surface area (Å²) in [6.07, 6.45) is 3.31. The highest BCUT2D eigenvalue weighted by Crippen LogP contribution is 2.06. The van der Waals surface area contributed by atoms with Crippen molar-refractivity contribution in [1.82, 2.24) is 25.3 Å². The highest BCUT2D eigenvalue weighted by atomic mass is 16.5. The standard InChI is InChI=1S/C13H19N5O2/c1-9(2)18-7-10(5-15-18)13(19)14-6-11-4-12(8-20-3)17-16-11/h4-5,7,9H,6,8H2,1-3H3,(H,14,19)(H,16,17). The Morgan fingerprint density at radius 3 is 3.00 bits per heavy atom. The third-order valence-corrected chi connectivity index (χ3v) is 2.81. The molecule has 0 saturated heterocycles. The lowest BCUT2D eigenvalue weighted by Crippen LogP contribution is -2.22. The topological polar surface area (TPSA) is 84.8 Å². The average Bonchev–Trinajstić information content (AvgIpc) is 3.05. The highest BCUT2D eigenvalue weighted by molar-refractivity contribution is 5.93. The Bertz CT molecular complexity index is 573. The van der Waals surface area contributed by atoms with E-state index in [1.165, 1.54) is 0 Å². The number of carbonyl (C=O) groups is 1. The average molecular weight is 277 g/mol. The normalized spacial score (nSPS) is 11.0. The van der Waals surface area contributed by atoms with Crippen LogP contribution in [0.3, 0.4) is 0 Å². The number of nitrogens with one attached hydrogen (secondary N) is 2. The van der Waals surface area contributed by atoms with Crippen LogP contribution in [0.4, 0.5) is 0 Å². The zero-order valence-electron chi connectivity index (χ0n) is 11.9. The minimum Gasteiger partial charge on any atom is -0.378 e. The summed E-state index contributed by atoms with van der Waals surface area (Å²) in [7, 11) is 1.61. The first kappa shape index (κ1) is 14.3. The zero-order chi connectivity index (χ0) is 14.5. The summed E-state index contributed by atoms with van der Waals surface area (Å²) in [5.41, 5.74) is 2.20. The number of rotatable bonds is 6. The third kappa shape index (κ3) is 3.45. The quantitative estimate of drug-likeness (QED) is 0.832. The van der Waals surface area contributed by atoms with Gasteiger partial charge in [0.25, 0.3) is 5.91 Å². The Kier molecular flexibility index (Phi) is 4.52. The first-order valence-electron chi connectivity index (χ1n) is 6.44. The summed E-state index contributed by atoms with van der Waals surface area (Å²) < 4.78 is 6.73. The Balaban J connectivity index is 1.90. The monoisotopic (exact) mass is 277 g/mol. The summed E-state index contributed by atoms with van der Waals surface area (Å²) in [6.45, 7) is 4.86. The lowest BCUT2D eigenvalue weighted by atomic mass is 10.3. The smallest absolute Gasteiger partial charge is 0.254 e. The van der Waals surface area contributed by atoms with Crippen LogP contribution < -0.4 is 5.32 Å². The van der Waals surface area contributed by atoms with Crippen LogP contribution in [0.2, 0.25) is 0 Å². The molecule has 2 N–H and O–H groups in total. The summed E-state index contributed by atoms with van der Waals surface area (Å²) in [5.74, 6) is -0.153. The number of amides is 1. The largest absolute Gasteiger partial charge is 0.378 e. The first-order chi connectivity index (χ1) is 9.60. The first-order valence-corrected chi connectivity index (χ1v) is 6.44. The molecule has 0 unspecified atom stereocenters. The van der Waals surface area contributed by atoms with E-state index in [4.69, 9.17) is 4.74 Å². The fraction of sp³-hybridized carbons (Fsp3) is 0.462. The van der Waals surface area contributed by atoms with E-state index in [-0.39, 0.29) is 11.9 Å². The van der Waals surface area contributed by atoms with Gasteiger partial charge >= 0.3 is 0 Å². The number of hydrogen-bond acceptors (Lipinski definition) is 4. The Hall–Kier alpha value is -2.15. The molecular weight excluding hydrogens is 258 g/mol. The Labute approximate surface area is 117 Å². The molecule has 0 atom stereocenters. The molecule has 0 fully saturated rings. The maximum atomic E-state index is 12.0. The molecule has 1 amide bonds. The van der Waals surface area contributed by atoms with Crippen LogP contribution in [0.5, 0.6) is 0 Å². The molecule has 0 aliphatic carbocycles. The zero-order valence-corrected chi connectivity index (χ0v) is 11.9. The molecule has 2 aromatic heterocycles. The molecule has 0 aliphatic rings. The molecule has 0 aromatic carbocycles. The van der Waals surface area contributed by atoms with Gasteiger partial charge in [-0.05, 0) is 19.9 Å². The minimum absolute atomic E-state index is 0.153. The van der Waals surface area contributed by atoms with Gasteiger partial charge in [-0.2, -0.15) is 10.2 Å². The molecular formula is C13H19N5O2. The van der Waals surface area contributed by atoms with E-state index in [0.29, 0.717) is 18.7 Å². The molecule has 2 rings (SSSR count). The number of ether oxygens (including phenoxy) is 1. The van der Waals surface area contributed by atoms with Crippen LogP contribution in [0, 0.1) is 0 Å². The fourth-order valence-electron chi connectivity index (χ4n) is 1.74. The number of nitrogens with zero attached hydrogens (tertiary/aromatic N) is 3. The van der Waals surface area contributed by atoms with Crippen LogP contribution in [-0.2, 0) is 17.9 Å². The minimum atomic E-state index is -0.153. The molecule has 108 valence electrons. The van der Waals surface area contributed by atoms with Gasteiger partial charge in [0.1, 0.15) is 0 Å². The molecule has 7 heteroatoms. The van der Waals surface area contributed by atoms with E-state index in [1.807, 2.05) is 19.9 Å². The summed E-state index contributed by atoms with van der Waals surface area (Å²) >= 11 is 0. The summed E-state index contributed by atoms with van der Waals surface area (Å²) in [6, 6.07) is 2.10. The predicted molar refractivity (Wildman–Crippen MR) is 73.1 cm³/mol. The second-order valence-corrected chi connectivity index (χ2v) is 4.80. The van der Waals surface area contributed by atoms with Crippen molar-refractivity contribution >= 4 is 5.91 Å². The number of aromatic nitrogens is 4. The highest BCUT2D eigenvalue weighted by Gasteiger charge is 2.10.